The summed E-state index contributed by atoms with van der Waals surface area (Å²) >= 11 is 4.94. The van der Waals surface area contributed by atoms with E-state index in [0.717, 1.165) is 38.3 Å². The van der Waals surface area contributed by atoms with Gasteiger partial charge in [-0.1, -0.05) is 41.5 Å². The highest BCUT2D eigenvalue weighted by Crippen LogP contribution is 2.37. The summed E-state index contributed by atoms with van der Waals surface area (Å²) in [6, 6.07) is 24.3. The van der Waals surface area contributed by atoms with E-state index in [4.69, 9.17) is 9.72 Å². The minimum absolute atomic E-state index is 0.244. The zero-order valence-electron chi connectivity index (χ0n) is 26.6. The van der Waals surface area contributed by atoms with Crippen LogP contribution in [-0.2, 0) is 4.74 Å². The highest BCUT2D eigenvalue weighted by molar-refractivity contribution is 9.10. The first-order valence-corrected chi connectivity index (χ1v) is 16.7. The molecule has 0 bridgehead atoms. The van der Waals surface area contributed by atoms with Gasteiger partial charge in [-0.25, -0.2) is 19.7 Å². The first-order chi connectivity index (χ1) is 22.6. The SMILES string of the molecule is CC(C)c1ccc2c(Nc3cc(C(=O)Nc4ccc(Br)cc4)ccc3Sc3ccc(NC(=O)OCCCN(C)C)cc3)ncnc2n1. The van der Waals surface area contributed by atoms with Crippen molar-refractivity contribution in [2.24, 2.45) is 0 Å². The van der Waals surface area contributed by atoms with Crippen LogP contribution in [0.5, 0.6) is 0 Å². The Bertz CT molecular complexity index is 1850. The molecule has 0 radical (unpaired) electrons. The molecular weight excluding hydrogens is 678 g/mol. The van der Waals surface area contributed by atoms with Gasteiger partial charge in [-0.2, -0.15) is 0 Å². The molecule has 0 saturated carbocycles. The maximum absolute atomic E-state index is 13.3. The lowest BCUT2D eigenvalue weighted by Gasteiger charge is -2.15. The largest absolute Gasteiger partial charge is 0.449 e. The first-order valence-electron chi connectivity index (χ1n) is 15.1. The van der Waals surface area contributed by atoms with Gasteiger partial charge >= 0.3 is 6.09 Å². The average Bonchev–Trinajstić information content (AvgIpc) is 3.05. The summed E-state index contributed by atoms with van der Waals surface area (Å²) in [6.07, 6.45) is 1.76. The van der Waals surface area contributed by atoms with Gasteiger partial charge < -0.3 is 20.3 Å². The number of hydrogen-bond acceptors (Lipinski definition) is 9. The van der Waals surface area contributed by atoms with E-state index in [2.05, 4.69) is 55.7 Å². The Morgan fingerprint density at radius 1 is 0.915 bits per heavy atom. The number of ether oxygens (including phenoxy) is 1. The zero-order chi connectivity index (χ0) is 33.3. The van der Waals surface area contributed by atoms with E-state index in [9.17, 15) is 9.59 Å². The van der Waals surface area contributed by atoms with Crippen LogP contribution < -0.4 is 16.0 Å². The molecule has 0 aliphatic rings. The van der Waals surface area contributed by atoms with Gasteiger partial charge in [0, 0.05) is 43.4 Å². The lowest BCUT2D eigenvalue weighted by molar-refractivity contribution is 0.102. The minimum atomic E-state index is -0.486. The molecule has 0 unspecified atom stereocenters. The van der Waals surface area contributed by atoms with Gasteiger partial charge in [0.1, 0.15) is 12.1 Å². The minimum Gasteiger partial charge on any atom is -0.449 e. The number of rotatable bonds is 12. The van der Waals surface area contributed by atoms with Crippen LogP contribution in [0.15, 0.2) is 99.5 Å². The summed E-state index contributed by atoms with van der Waals surface area (Å²) in [5.41, 5.74) is 4.01. The smallest absolute Gasteiger partial charge is 0.411 e. The van der Waals surface area contributed by atoms with Crippen LogP contribution in [0.25, 0.3) is 11.0 Å². The third kappa shape index (κ3) is 9.50. The summed E-state index contributed by atoms with van der Waals surface area (Å²) in [5, 5.41) is 9.94. The van der Waals surface area contributed by atoms with Crippen LogP contribution >= 0.6 is 27.7 Å². The number of carbonyl (C=O) groups excluding carboxylic acids is 2. The van der Waals surface area contributed by atoms with E-state index >= 15 is 0 Å². The summed E-state index contributed by atoms with van der Waals surface area (Å²) < 4.78 is 6.20. The van der Waals surface area contributed by atoms with Gasteiger partial charge in [-0.3, -0.25) is 10.1 Å². The lowest BCUT2D eigenvalue weighted by Crippen LogP contribution is -2.18. The molecule has 0 saturated heterocycles. The molecule has 2 heterocycles. The maximum atomic E-state index is 13.3. The highest BCUT2D eigenvalue weighted by Gasteiger charge is 2.15. The molecule has 0 spiro atoms. The fourth-order valence-electron chi connectivity index (χ4n) is 4.53. The molecule has 2 aromatic heterocycles. The second kappa shape index (κ2) is 15.9. The number of aromatic nitrogens is 3. The van der Waals surface area contributed by atoms with Crippen molar-refractivity contribution in [3.05, 3.63) is 101 Å². The summed E-state index contributed by atoms with van der Waals surface area (Å²) in [4.78, 5) is 43.0. The molecule has 0 aliphatic carbocycles. The molecule has 3 aromatic carbocycles. The quantitative estimate of drug-likeness (QED) is 0.109. The van der Waals surface area contributed by atoms with E-state index in [1.807, 2.05) is 91.8 Å². The van der Waals surface area contributed by atoms with Gasteiger partial charge in [0.05, 0.1) is 17.7 Å². The van der Waals surface area contributed by atoms with Crippen LogP contribution in [0, 0.1) is 0 Å². The standard InChI is InChI=1S/C35H36BrN7O3S/c1-22(2)29-16-15-28-32(41-29)37-21-38-33(28)42-30-20-23(34(44)39-25-9-7-24(36)8-10-25)6-17-31(30)47-27-13-11-26(12-14-27)40-35(45)46-19-5-18-43(3)4/h6-17,20-22H,5,18-19H2,1-4H3,(H,39,44)(H,40,45)(H,37,38,41,42). The number of amides is 2. The van der Waals surface area contributed by atoms with Crippen molar-refractivity contribution in [3.63, 3.8) is 0 Å². The Labute approximate surface area is 286 Å². The molecule has 2 amide bonds. The fraction of sp³-hybridized carbons (Fsp3) is 0.229. The summed E-state index contributed by atoms with van der Waals surface area (Å²) in [6.45, 7) is 5.37. The van der Waals surface area contributed by atoms with E-state index in [-0.39, 0.29) is 11.8 Å². The molecular formula is C35H36BrN7O3S. The Morgan fingerprint density at radius 3 is 2.36 bits per heavy atom. The number of benzene rings is 3. The van der Waals surface area contributed by atoms with Crippen molar-refractivity contribution in [2.75, 3.05) is 43.2 Å². The number of fused-ring (bicyclic) bond motifs is 1. The molecule has 5 rings (SSSR count). The number of anilines is 4. The van der Waals surface area contributed by atoms with Crippen LogP contribution in [0.1, 0.15) is 42.2 Å². The maximum Gasteiger partial charge on any atom is 0.411 e. The van der Waals surface area contributed by atoms with Crippen molar-refractivity contribution < 1.29 is 14.3 Å². The molecule has 0 fully saturated rings. The summed E-state index contributed by atoms with van der Waals surface area (Å²) in [5.74, 6) is 0.593. The average molecular weight is 715 g/mol. The highest BCUT2D eigenvalue weighted by atomic mass is 79.9. The number of hydrogen-bond donors (Lipinski definition) is 3. The Morgan fingerprint density at radius 2 is 1.64 bits per heavy atom. The van der Waals surface area contributed by atoms with Crippen LogP contribution in [0.4, 0.5) is 27.7 Å². The predicted octanol–water partition coefficient (Wildman–Crippen LogP) is 8.56. The number of pyridine rings is 1. The van der Waals surface area contributed by atoms with Crippen molar-refractivity contribution in [1.29, 1.82) is 0 Å². The van der Waals surface area contributed by atoms with E-state index in [0.29, 0.717) is 40.7 Å². The van der Waals surface area contributed by atoms with E-state index in [1.54, 1.807) is 6.07 Å². The lowest BCUT2D eigenvalue weighted by atomic mass is 10.1. The number of nitrogens with one attached hydrogen (secondary N) is 3. The topological polar surface area (TPSA) is 121 Å². The molecule has 5 aromatic rings. The van der Waals surface area contributed by atoms with Gasteiger partial charge in [-0.05, 0) is 105 Å². The van der Waals surface area contributed by atoms with Crippen molar-refractivity contribution in [3.8, 4) is 0 Å². The molecule has 47 heavy (non-hydrogen) atoms. The normalized spacial score (nSPS) is 11.1. The molecule has 12 heteroatoms. The number of nitrogens with zero attached hydrogens (tertiary/aromatic N) is 4. The predicted molar refractivity (Wildman–Crippen MR) is 192 cm³/mol. The number of halogens is 1. The van der Waals surface area contributed by atoms with Gasteiger partial charge in [0.15, 0.2) is 5.65 Å². The fourth-order valence-corrected chi connectivity index (χ4v) is 5.68. The van der Waals surface area contributed by atoms with Gasteiger partial charge in [0.25, 0.3) is 5.91 Å². The second-order valence-corrected chi connectivity index (χ2v) is 13.4. The third-order valence-corrected chi connectivity index (χ3v) is 8.63. The molecule has 0 atom stereocenters. The third-order valence-electron chi connectivity index (χ3n) is 7.02. The van der Waals surface area contributed by atoms with Gasteiger partial charge in [-0.15, -0.1) is 0 Å². The van der Waals surface area contributed by atoms with Crippen LogP contribution in [0.2, 0.25) is 0 Å². The second-order valence-electron chi connectivity index (χ2n) is 11.3. The van der Waals surface area contributed by atoms with Crippen LogP contribution in [-0.4, -0.2) is 59.1 Å². The Hall–Kier alpha value is -4.52. The van der Waals surface area contributed by atoms with Crippen LogP contribution in [0.3, 0.4) is 0 Å². The Kier molecular flexibility index (Phi) is 11.4. The molecule has 242 valence electrons. The first kappa shape index (κ1) is 33.8. The monoisotopic (exact) mass is 713 g/mol. The number of carbonyl (C=O) groups is 2. The van der Waals surface area contributed by atoms with E-state index in [1.165, 1.54) is 18.1 Å². The Balaban J connectivity index is 1.38. The summed E-state index contributed by atoms with van der Waals surface area (Å²) in [7, 11) is 3.96. The molecule has 10 nitrogen and oxygen atoms in total. The van der Waals surface area contributed by atoms with Crippen molar-refractivity contribution in [1.82, 2.24) is 19.9 Å². The van der Waals surface area contributed by atoms with E-state index < -0.39 is 6.09 Å². The molecule has 0 aliphatic heterocycles. The molecule has 3 N–H and O–H groups in total. The zero-order valence-corrected chi connectivity index (χ0v) is 29.0. The van der Waals surface area contributed by atoms with Crippen molar-refractivity contribution in [2.45, 2.75) is 36.0 Å². The van der Waals surface area contributed by atoms with Crippen molar-refractivity contribution >= 4 is 73.6 Å². The van der Waals surface area contributed by atoms with Gasteiger partial charge in [0.2, 0.25) is 0 Å².